The molecule has 1 amide bonds. The molecule has 8 heteroatoms. The topological polar surface area (TPSA) is 96.1 Å². The van der Waals surface area contributed by atoms with Crippen molar-refractivity contribution in [2.75, 3.05) is 19.0 Å². The minimum atomic E-state index is -0.427. The largest absolute Gasteiger partial charge is 0.464 e. The van der Waals surface area contributed by atoms with Gasteiger partial charge in [-0.25, -0.2) is 9.78 Å². The number of nitrogens with one attached hydrogen (secondary N) is 3. The Bertz CT molecular complexity index is 703. The maximum absolute atomic E-state index is 12.0. The van der Waals surface area contributed by atoms with E-state index < -0.39 is 5.97 Å². The van der Waals surface area contributed by atoms with E-state index in [1.54, 1.807) is 12.3 Å². The Kier molecular flexibility index (Phi) is 4.73. The van der Waals surface area contributed by atoms with Gasteiger partial charge in [0.05, 0.1) is 12.8 Å². The molecular weight excluding hydrogens is 316 g/mol. The highest BCUT2D eigenvalue weighted by Gasteiger charge is 2.18. The molecule has 0 saturated carbocycles. The Hall–Kier alpha value is -2.19. The van der Waals surface area contributed by atoms with E-state index in [4.69, 9.17) is 0 Å². The maximum Gasteiger partial charge on any atom is 0.354 e. The molecule has 3 N–H and O–H groups in total. The summed E-state index contributed by atoms with van der Waals surface area (Å²) in [5, 5.41) is 8.52. The van der Waals surface area contributed by atoms with Crippen LogP contribution in [0.15, 0.2) is 17.6 Å². The lowest BCUT2D eigenvalue weighted by molar-refractivity contribution is -0.116. The van der Waals surface area contributed by atoms with Crippen LogP contribution in [0.25, 0.3) is 11.3 Å². The van der Waals surface area contributed by atoms with Crippen molar-refractivity contribution in [1.29, 1.82) is 0 Å². The van der Waals surface area contributed by atoms with Crippen LogP contribution >= 0.6 is 11.3 Å². The highest BCUT2D eigenvalue weighted by molar-refractivity contribution is 7.14. The summed E-state index contributed by atoms with van der Waals surface area (Å²) in [6, 6.07) is 1.94. The number of esters is 1. The summed E-state index contributed by atoms with van der Waals surface area (Å²) in [6.07, 6.45) is 4.31. The van der Waals surface area contributed by atoms with Gasteiger partial charge in [-0.2, -0.15) is 0 Å². The van der Waals surface area contributed by atoms with Crippen LogP contribution in [0, 0.1) is 0 Å². The molecule has 0 radical (unpaired) electrons. The maximum atomic E-state index is 12.0. The molecule has 1 aliphatic heterocycles. The lowest BCUT2D eigenvalue weighted by Crippen LogP contribution is -2.27. The highest BCUT2D eigenvalue weighted by Crippen LogP contribution is 2.26. The van der Waals surface area contributed by atoms with Crippen LogP contribution in [-0.2, 0) is 9.53 Å². The molecule has 122 valence electrons. The first-order valence-corrected chi connectivity index (χ1v) is 8.29. The van der Waals surface area contributed by atoms with Gasteiger partial charge in [0.2, 0.25) is 5.91 Å². The molecule has 0 bridgehead atoms. The van der Waals surface area contributed by atoms with Gasteiger partial charge in [-0.1, -0.05) is 0 Å². The number of H-pyrrole nitrogens is 1. The molecule has 23 heavy (non-hydrogen) atoms. The highest BCUT2D eigenvalue weighted by atomic mass is 32.1. The minimum Gasteiger partial charge on any atom is -0.464 e. The number of aromatic amines is 1. The minimum absolute atomic E-state index is 0.0328. The van der Waals surface area contributed by atoms with Gasteiger partial charge in [-0.3, -0.25) is 4.79 Å². The van der Waals surface area contributed by atoms with Gasteiger partial charge >= 0.3 is 5.97 Å². The van der Waals surface area contributed by atoms with Crippen molar-refractivity contribution in [3.8, 4) is 11.3 Å². The fourth-order valence-corrected chi connectivity index (χ4v) is 3.29. The monoisotopic (exact) mass is 334 g/mol. The summed E-state index contributed by atoms with van der Waals surface area (Å²) >= 11 is 1.36. The van der Waals surface area contributed by atoms with E-state index in [9.17, 15) is 9.59 Å². The molecule has 1 fully saturated rings. The van der Waals surface area contributed by atoms with E-state index in [1.807, 2.05) is 5.38 Å². The number of carbonyl (C=O) groups excluding carboxylic acids is 2. The van der Waals surface area contributed by atoms with E-state index >= 15 is 0 Å². The molecule has 2 aromatic rings. The van der Waals surface area contributed by atoms with E-state index in [0.717, 1.165) is 24.9 Å². The molecule has 0 aromatic carbocycles. The summed E-state index contributed by atoms with van der Waals surface area (Å²) in [5.74, 6) is -0.460. The first-order chi connectivity index (χ1) is 11.2. The quantitative estimate of drug-likeness (QED) is 0.727. The average Bonchev–Trinajstić information content (AvgIpc) is 3.26. The second-order valence-electron chi connectivity index (χ2n) is 5.38. The zero-order chi connectivity index (χ0) is 16.2. The zero-order valence-electron chi connectivity index (χ0n) is 12.7. The first kappa shape index (κ1) is 15.7. The fraction of sp³-hybridized carbons (Fsp3) is 0.400. The third-order valence-electron chi connectivity index (χ3n) is 3.73. The number of ether oxygens (including phenoxy) is 1. The number of rotatable bonds is 5. The molecule has 0 spiro atoms. The van der Waals surface area contributed by atoms with Crippen LogP contribution < -0.4 is 10.6 Å². The Morgan fingerprint density at radius 2 is 2.39 bits per heavy atom. The van der Waals surface area contributed by atoms with Gasteiger partial charge < -0.3 is 20.4 Å². The van der Waals surface area contributed by atoms with Gasteiger partial charge in [0.15, 0.2) is 5.13 Å². The molecule has 0 aliphatic carbocycles. The van der Waals surface area contributed by atoms with Gasteiger partial charge in [0, 0.05) is 29.6 Å². The van der Waals surface area contributed by atoms with E-state index in [0.29, 0.717) is 22.9 Å². The number of anilines is 1. The predicted octanol–water partition coefficient (Wildman–Crippen LogP) is 2.01. The zero-order valence-corrected chi connectivity index (χ0v) is 13.5. The Balaban J connectivity index is 1.62. The number of hydrogen-bond acceptors (Lipinski definition) is 6. The van der Waals surface area contributed by atoms with Crippen molar-refractivity contribution in [1.82, 2.24) is 15.3 Å². The average molecular weight is 334 g/mol. The van der Waals surface area contributed by atoms with E-state index in [2.05, 4.69) is 25.3 Å². The molecule has 3 rings (SSSR count). The normalized spacial score (nSPS) is 17.2. The summed E-state index contributed by atoms with van der Waals surface area (Å²) < 4.78 is 4.66. The van der Waals surface area contributed by atoms with Crippen LogP contribution in [0.1, 0.15) is 29.8 Å². The molecule has 2 aromatic heterocycles. The van der Waals surface area contributed by atoms with Crippen molar-refractivity contribution in [3.05, 3.63) is 23.3 Å². The van der Waals surface area contributed by atoms with Gasteiger partial charge in [-0.05, 0) is 25.5 Å². The van der Waals surface area contributed by atoms with Crippen LogP contribution in [-0.4, -0.2) is 41.5 Å². The number of amides is 1. The molecule has 1 atom stereocenters. The van der Waals surface area contributed by atoms with Crippen molar-refractivity contribution in [2.45, 2.75) is 25.3 Å². The van der Waals surface area contributed by atoms with E-state index in [1.165, 1.54) is 18.4 Å². The number of carbonyl (C=O) groups is 2. The SMILES string of the molecule is COC(=O)c1cc(-c2csc(NC(=O)CC3CCCN3)n2)c[nH]1. The molecular formula is C15H18N4O3S. The number of thiazole rings is 1. The summed E-state index contributed by atoms with van der Waals surface area (Å²) in [7, 11) is 1.33. The Morgan fingerprint density at radius 1 is 1.52 bits per heavy atom. The summed E-state index contributed by atoms with van der Waals surface area (Å²) in [4.78, 5) is 30.7. The van der Waals surface area contributed by atoms with Crippen molar-refractivity contribution < 1.29 is 14.3 Å². The molecule has 1 saturated heterocycles. The lowest BCUT2D eigenvalue weighted by atomic mass is 10.1. The lowest BCUT2D eigenvalue weighted by Gasteiger charge is -2.08. The third-order valence-corrected chi connectivity index (χ3v) is 4.49. The molecule has 1 aliphatic rings. The summed E-state index contributed by atoms with van der Waals surface area (Å²) in [6.45, 7) is 0.982. The van der Waals surface area contributed by atoms with E-state index in [-0.39, 0.29) is 11.9 Å². The van der Waals surface area contributed by atoms with Crippen LogP contribution in [0.5, 0.6) is 0 Å². The van der Waals surface area contributed by atoms with Crippen LogP contribution in [0.4, 0.5) is 5.13 Å². The Morgan fingerprint density at radius 3 is 3.13 bits per heavy atom. The van der Waals surface area contributed by atoms with Gasteiger partial charge in [-0.15, -0.1) is 11.3 Å². The predicted molar refractivity (Wildman–Crippen MR) is 87.5 cm³/mol. The fourth-order valence-electron chi connectivity index (χ4n) is 2.56. The number of nitrogens with zero attached hydrogens (tertiary/aromatic N) is 1. The summed E-state index contributed by atoms with van der Waals surface area (Å²) in [5.41, 5.74) is 1.85. The molecule has 3 heterocycles. The molecule has 7 nitrogen and oxygen atoms in total. The smallest absolute Gasteiger partial charge is 0.354 e. The van der Waals surface area contributed by atoms with Crippen molar-refractivity contribution in [2.24, 2.45) is 0 Å². The molecule has 1 unspecified atom stereocenters. The third kappa shape index (κ3) is 3.77. The second kappa shape index (κ2) is 6.93. The standard InChI is InChI=1S/C15H18N4O3S/c1-22-14(21)11-5-9(7-17-11)12-8-23-15(18-12)19-13(20)6-10-3-2-4-16-10/h5,7-8,10,16-17H,2-4,6H2,1H3,(H,18,19,20). The second-order valence-corrected chi connectivity index (χ2v) is 6.24. The van der Waals surface area contributed by atoms with Crippen molar-refractivity contribution >= 4 is 28.3 Å². The van der Waals surface area contributed by atoms with Crippen molar-refractivity contribution in [3.63, 3.8) is 0 Å². The Labute approximate surface area is 137 Å². The number of methoxy groups -OCH3 is 1. The van der Waals surface area contributed by atoms with Crippen LogP contribution in [0.3, 0.4) is 0 Å². The first-order valence-electron chi connectivity index (χ1n) is 7.41. The van der Waals surface area contributed by atoms with Gasteiger partial charge in [0.25, 0.3) is 0 Å². The number of hydrogen-bond donors (Lipinski definition) is 3. The number of aromatic nitrogens is 2. The van der Waals surface area contributed by atoms with Crippen LogP contribution in [0.2, 0.25) is 0 Å². The van der Waals surface area contributed by atoms with Gasteiger partial charge in [0.1, 0.15) is 5.69 Å².